The number of aromatic amines is 1. The van der Waals surface area contributed by atoms with Gasteiger partial charge >= 0.3 is 21.3 Å². The maximum Gasteiger partial charge on any atom is 0.483 e. The number of aromatic nitrogens is 2. The maximum absolute atomic E-state index is 12.3. The van der Waals surface area contributed by atoms with E-state index in [4.69, 9.17) is 9.47 Å². The van der Waals surface area contributed by atoms with Gasteiger partial charge in [-0.05, 0) is 13.8 Å². The second-order valence-corrected chi connectivity index (χ2v) is 11.3. The minimum atomic E-state index is -5.47. The predicted molar refractivity (Wildman–Crippen MR) is 118 cm³/mol. The second kappa shape index (κ2) is 11.5. The highest BCUT2D eigenvalue weighted by Crippen LogP contribution is 2.61. The van der Waals surface area contributed by atoms with Gasteiger partial charge in [0.15, 0.2) is 6.29 Å². The van der Waals surface area contributed by atoms with Crippen molar-refractivity contribution >= 4 is 22.1 Å². The number of nitrogens with one attached hydrogen (secondary N) is 2. The summed E-state index contributed by atoms with van der Waals surface area (Å²) in [6, 6.07) is -1.36. The Morgan fingerprint density at radius 3 is 2.51 bits per heavy atom. The largest absolute Gasteiger partial charge is 0.483 e. The summed E-state index contributed by atoms with van der Waals surface area (Å²) in [6.45, 7) is 1.91. The van der Waals surface area contributed by atoms with E-state index >= 15 is 0 Å². The number of ether oxygens (including phenoxy) is 2. The Morgan fingerprint density at radius 2 is 1.86 bits per heavy atom. The molecular weight excluding hydrogens is 548 g/mol. The molecular formula is C17H27N3O15P2. The Morgan fingerprint density at radius 1 is 1.19 bits per heavy atom. The average Bonchev–Trinajstić information content (AvgIpc) is 3.15. The first-order chi connectivity index (χ1) is 17.1. The summed E-state index contributed by atoms with van der Waals surface area (Å²) in [5.74, 6) is 0. The molecule has 0 aliphatic carbocycles. The molecule has 1 aromatic heterocycles. The van der Waals surface area contributed by atoms with Crippen molar-refractivity contribution in [2.24, 2.45) is 0 Å². The quantitative estimate of drug-likeness (QED) is 0.111. The molecule has 0 radical (unpaired) electrons. The number of hydrogen-bond acceptors (Lipinski definition) is 13. The molecule has 0 aromatic carbocycles. The third-order valence-electron chi connectivity index (χ3n) is 5.61. The number of aliphatic hydroxyl groups excluding tert-OH is 3. The van der Waals surface area contributed by atoms with Crippen LogP contribution in [0, 0.1) is 6.92 Å². The van der Waals surface area contributed by atoms with Crippen molar-refractivity contribution in [1.82, 2.24) is 14.9 Å². The highest BCUT2D eigenvalue weighted by atomic mass is 31.3. The van der Waals surface area contributed by atoms with E-state index in [0.717, 1.165) is 4.57 Å². The first-order valence-corrected chi connectivity index (χ1v) is 13.7. The molecule has 37 heavy (non-hydrogen) atoms. The summed E-state index contributed by atoms with van der Waals surface area (Å²) in [6.07, 6.45) is -8.80. The molecule has 1 aromatic rings. The lowest BCUT2D eigenvalue weighted by Crippen LogP contribution is -2.62. The van der Waals surface area contributed by atoms with Crippen LogP contribution in [0.3, 0.4) is 0 Å². The molecule has 0 spiro atoms. The Balaban J connectivity index is 1.60. The summed E-state index contributed by atoms with van der Waals surface area (Å²) in [5, 5.41) is 32.5. The standard InChI is InChI=1S/C17H27N3O15P2/c1-7-4-20(17(26)19-15(7)25)11-3-9(22)10(33-11)5-31-36(27,28)35-37(29,30)34-16-14(24)12(18-6-21)13(23)8(2)32-16/h4,6,8-14,16,22-24H,3,5H2,1-2H3,(H,18,21)(H,27,28)(H,29,30)(H,19,25,26)/t8-,9+,10-,11-,12+,13-,14-,16-/m1/s1. The van der Waals surface area contributed by atoms with Gasteiger partial charge in [-0.25, -0.2) is 13.9 Å². The number of nitrogens with zero attached hydrogens (tertiary/aromatic N) is 1. The van der Waals surface area contributed by atoms with Crippen molar-refractivity contribution in [3.8, 4) is 0 Å². The highest BCUT2D eigenvalue weighted by Gasteiger charge is 2.48. The molecule has 2 aliphatic rings. The lowest BCUT2D eigenvalue weighted by molar-refractivity contribution is -0.244. The van der Waals surface area contributed by atoms with Gasteiger partial charge in [-0.15, -0.1) is 0 Å². The fourth-order valence-corrected chi connectivity index (χ4v) is 5.86. The summed E-state index contributed by atoms with van der Waals surface area (Å²) < 4.78 is 49.5. The smallest absolute Gasteiger partial charge is 0.390 e. The fourth-order valence-electron chi connectivity index (χ4n) is 3.71. The number of carbonyl (C=O) groups excluding carboxylic acids is 1. The van der Waals surface area contributed by atoms with Crippen LogP contribution in [0.15, 0.2) is 15.8 Å². The molecule has 2 unspecified atom stereocenters. The van der Waals surface area contributed by atoms with Crippen LogP contribution >= 0.6 is 15.6 Å². The Kier molecular flexibility index (Phi) is 9.27. The molecule has 0 bridgehead atoms. The number of amides is 1. The number of H-pyrrole nitrogens is 1. The molecule has 2 aliphatic heterocycles. The van der Waals surface area contributed by atoms with Crippen LogP contribution in [0.4, 0.5) is 0 Å². The molecule has 0 saturated carbocycles. The first kappa shape index (κ1) is 29.8. The zero-order valence-electron chi connectivity index (χ0n) is 19.3. The molecule has 2 fully saturated rings. The predicted octanol–water partition coefficient (Wildman–Crippen LogP) is -2.67. The minimum absolute atomic E-state index is 0.158. The zero-order valence-corrected chi connectivity index (χ0v) is 21.1. The number of phosphoric ester groups is 2. The van der Waals surface area contributed by atoms with Gasteiger partial charge in [0.1, 0.15) is 24.5 Å². The fraction of sp³-hybridized carbons (Fsp3) is 0.706. The van der Waals surface area contributed by atoms with Crippen molar-refractivity contribution in [3.63, 3.8) is 0 Å². The lowest BCUT2D eigenvalue weighted by atomic mass is 9.97. The van der Waals surface area contributed by atoms with E-state index < -0.39 is 82.6 Å². The molecule has 7 N–H and O–H groups in total. The van der Waals surface area contributed by atoms with Crippen molar-refractivity contribution in [3.05, 3.63) is 32.6 Å². The van der Waals surface area contributed by atoms with E-state index in [-0.39, 0.29) is 18.4 Å². The van der Waals surface area contributed by atoms with E-state index in [1.165, 1.54) is 20.0 Å². The molecule has 210 valence electrons. The highest BCUT2D eigenvalue weighted by molar-refractivity contribution is 7.61. The van der Waals surface area contributed by atoms with Crippen molar-refractivity contribution in [2.75, 3.05) is 6.61 Å². The number of aryl methyl sites for hydroxylation is 1. The number of phosphoric acid groups is 2. The molecule has 1 amide bonds. The average molecular weight is 575 g/mol. The normalized spacial score (nSPS) is 35.4. The first-order valence-electron chi connectivity index (χ1n) is 10.7. The lowest BCUT2D eigenvalue weighted by Gasteiger charge is -2.41. The summed E-state index contributed by atoms with van der Waals surface area (Å²) in [4.78, 5) is 56.1. The van der Waals surface area contributed by atoms with E-state index in [1.54, 1.807) is 0 Å². The van der Waals surface area contributed by atoms with Crippen molar-refractivity contribution in [1.29, 1.82) is 0 Å². The van der Waals surface area contributed by atoms with Crippen LogP contribution < -0.4 is 16.6 Å². The monoisotopic (exact) mass is 575 g/mol. The molecule has 10 atom stereocenters. The van der Waals surface area contributed by atoms with Gasteiger partial charge in [0.2, 0.25) is 6.41 Å². The zero-order chi connectivity index (χ0) is 27.7. The third kappa shape index (κ3) is 7.20. The van der Waals surface area contributed by atoms with E-state index in [2.05, 4.69) is 23.7 Å². The van der Waals surface area contributed by atoms with Crippen LogP contribution in [0.1, 0.15) is 25.1 Å². The number of rotatable bonds is 10. The SMILES string of the molecule is Cc1cn([C@H]2C[C@H](O)[C@@H](COP(=O)(O)OP(=O)(O)O[C@H]3O[C@H](C)[C@@H](O)[C@H](NC=O)[C@H]3O)O2)c(=O)[nH]c1=O. The number of carbonyl (C=O) groups is 1. The van der Waals surface area contributed by atoms with Gasteiger partial charge in [-0.3, -0.25) is 28.2 Å². The van der Waals surface area contributed by atoms with Crippen LogP contribution in [0.5, 0.6) is 0 Å². The van der Waals surface area contributed by atoms with Crippen molar-refractivity contribution < 1.29 is 61.9 Å². The molecule has 20 heteroatoms. The molecule has 3 rings (SSSR count). The second-order valence-electron chi connectivity index (χ2n) is 8.33. The summed E-state index contributed by atoms with van der Waals surface area (Å²) in [5.41, 5.74) is -1.24. The summed E-state index contributed by atoms with van der Waals surface area (Å²) >= 11 is 0. The van der Waals surface area contributed by atoms with E-state index in [9.17, 15) is 48.6 Å². The summed E-state index contributed by atoms with van der Waals surface area (Å²) in [7, 11) is -10.8. The third-order valence-corrected chi connectivity index (χ3v) is 8.21. The van der Waals surface area contributed by atoms with Gasteiger partial charge in [0, 0.05) is 18.2 Å². The van der Waals surface area contributed by atoms with Gasteiger partial charge in [-0.2, -0.15) is 4.31 Å². The van der Waals surface area contributed by atoms with Gasteiger partial charge < -0.3 is 39.9 Å². The van der Waals surface area contributed by atoms with Gasteiger partial charge in [-0.1, -0.05) is 0 Å². The Hall–Kier alpha value is -1.79. The molecule has 18 nitrogen and oxygen atoms in total. The minimum Gasteiger partial charge on any atom is -0.390 e. The van der Waals surface area contributed by atoms with Crippen LogP contribution in [0.25, 0.3) is 0 Å². The number of hydrogen-bond donors (Lipinski definition) is 7. The van der Waals surface area contributed by atoms with Gasteiger partial charge in [0.25, 0.3) is 5.56 Å². The topological polar surface area (TPSA) is 265 Å². The van der Waals surface area contributed by atoms with Gasteiger partial charge in [0.05, 0.1) is 24.9 Å². The van der Waals surface area contributed by atoms with E-state index in [0.29, 0.717) is 0 Å². The maximum atomic E-state index is 12.3. The Bertz CT molecular complexity index is 1190. The van der Waals surface area contributed by atoms with Crippen LogP contribution in [-0.2, 0) is 36.8 Å². The van der Waals surface area contributed by atoms with Crippen LogP contribution in [0.2, 0.25) is 0 Å². The molecule has 2 saturated heterocycles. The molecule has 3 heterocycles. The van der Waals surface area contributed by atoms with E-state index in [1.807, 2.05) is 0 Å². The van der Waals surface area contributed by atoms with Crippen LogP contribution in [-0.4, -0.2) is 90.5 Å². The Labute approximate surface area is 207 Å². The van der Waals surface area contributed by atoms with Crippen molar-refractivity contribution in [2.45, 2.75) is 69.3 Å². The number of aliphatic hydroxyl groups is 3.